The highest BCUT2D eigenvalue weighted by Crippen LogP contribution is 2.17. The summed E-state index contributed by atoms with van der Waals surface area (Å²) in [6, 6.07) is 7.62. The van der Waals surface area contributed by atoms with E-state index in [9.17, 15) is 4.79 Å². The van der Waals surface area contributed by atoms with Gasteiger partial charge in [0.15, 0.2) is 5.78 Å². The summed E-state index contributed by atoms with van der Waals surface area (Å²) in [5.41, 5.74) is 7.00. The third-order valence-electron chi connectivity index (χ3n) is 2.86. The first-order valence-electron chi connectivity index (χ1n) is 5.38. The molecule has 80 valence electrons. The summed E-state index contributed by atoms with van der Waals surface area (Å²) < 4.78 is 0. The number of ketones is 1. The standard InChI is InChI=1S/C12H16N2O/c13-11-6-2-1-5-10(11)12(15)8-9-4-3-7-14-9/h1-2,5-6,9,14H,3-4,7-8,13H2. The third-order valence-corrected chi connectivity index (χ3v) is 2.86. The van der Waals surface area contributed by atoms with Crippen LogP contribution in [0, 0.1) is 0 Å². The molecule has 1 aromatic carbocycles. The van der Waals surface area contributed by atoms with Crippen LogP contribution in [-0.4, -0.2) is 18.4 Å². The van der Waals surface area contributed by atoms with Gasteiger partial charge in [0.1, 0.15) is 0 Å². The number of Topliss-reactive ketones (excluding diaryl/α,β-unsaturated/α-hetero) is 1. The van der Waals surface area contributed by atoms with E-state index in [1.54, 1.807) is 12.1 Å². The zero-order chi connectivity index (χ0) is 10.7. The molecule has 0 radical (unpaired) electrons. The number of hydrogen-bond acceptors (Lipinski definition) is 3. The van der Waals surface area contributed by atoms with Gasteiger partial charge < -0.3 is 11.1 Å². The van der Waals surface area contributed by atoms with Crippen molar-refractivity contribution in [3.8, 4) is 0 Å². The summed E-state index contributed by atoms with van der Waals surface area (Å²) in [6.07, 6.45) is 2.83. The lowest BCUT2D eigenvalue weighted by Crippen LogP contribution is -2.24. The van der Waals surface area contributed by atoms with Crippen LogP contribution in [0.2, 0.25) is 0 Å². The topological polar surface area (TPSA) is 55.1 Å². The molecular formula is C12H16N2O. The summed E-state index contributed by atoms with van der Waals surface area (Å²) in [6.45, 7) is 1.03. The van der Waals surface area contributed by atoms with Crippen molar-refractivity contribution in [1.82, 2.24) is 5.32 Å². The van der Waals surface area contributed by atoms with Crippen molar-refractivity contribution in [2.24, 2.45) is 0 Å². The second kappa shape index (κ2) is 4.45. The Morgan fingerprint density at radius 3 is 2.93 bits per heavy atom. The summed E-state index contributed by atoms with van der Waals surface area (Å²) in [4.78, 5) is 11.9. The lowest BCUT2D eigenvalue weighted by atomic mass is 10.0. The lowest BCUT2D eigenvalue weighted by molar-refractivity contribution is 0.0972. The van der Waals surface area contributed by atoms with Crippen LogP contribution in [0.5, 0.6) is 0 Å². The molecule has 1 aromatic rings. The molecule has 2 rings (SSSR count). The van der Waals surface area contributed by atoms with Crippen molar-refractivity contribution >= 4 is 11.5 Å². The van der Waals surface area contributed by atoms with Crippen molar-refractivity contribution in [3.05, 3.63) is 29.8 Å². The highest BCUT2D eigenvalue weighted by Gasteiger charge is 2.19. The Hall–Kier alpha value is -1.35. The van der Waals surface area contributed by atoms with Gasteiger partial charge in [-0.25, -0.2) is 0 Å². The maximum Gasteiger partial charge on any atom is 0.166 e. The first-order valence-corrected chi connectivity index (χ1v) is 5.38. The van der Waals surface area contributed by atoms with Gasteiger partial charge in [-0.2, -0.15) is 0 Å². The molecule has 0 spiro atoms. The second-order valence-electron chi connectivity index (χ2n) is 4.01. The van der Waals surface area contributed by atoms with Crippen molar-refractivity contribution in [3.63, 3.8) is 0 Å². The normalized spacial score (nSPS) is 20.4. The van der Waals surface area contributed by atoms with E-state index in [1.165, 1.54) is 6.42 Å². The van der Waals surface area contributed by atoms with Crippen LogP contribution in [-0.2, 0) is 0 Å². The molecule has 1 atom stereocenters. The number of para-hydroxylation sites is 1. The first kappa shape index (κ1) is 10.2. The van der Waals surface area contributed by atoms with Crippen LogP contribution in [0.1, 0.15) is 29.6 Å². The van der Waals surface area contributed by atoms with E-state index in [0.29, 0.717) is 23.7 Å². The molecule has 0 bridgehead atoms. The third kappa shape index (κ3) is 2.36. The fourth-order valence-electron chi connectivity index (χ4n) is 2.02. The number of nitrogen functional groups attached to an aromatic ring is 1. The molecule has 0 aliphatic carbocycles. The highest BCUT2D eigenvalue weighted by atomic mass is 16.1. The summed E-state index contributed by atoms with van der Waals surface area (Å²) in [7, 11) is 0. The number of rotatable bonds is 3. The number of nitrogens with two attached hydrogens (primary N) is 1. The SMILES string of the molecule is Nc1ccccc1C(=O)CC1CCCN1. The Kier molecular flexibility index (Phi) is 3.02. The van der Waals surface area contributed by atoms with Gasteiger partial charge in [-0.3, -0.25) is 4.79 Å². The zero-order valence-electron chi connectivity index (χ0n) is 8.70. The Labute approximate surface area is 89.7 Å². The number of carbonyl (C=O) groups excluding carboxylic acids is 1. The molecule has 1 heterocycles. The molecule has 3 N–H and O–H groups in total. The fourth-order valence-corrected chi connectivity index (χ4v) is 2.02. The van der Waals surface area contributed by atoms with Gasteiger partial charge in [0.05, 0.1) is 0 Å². The number of benzene rings is 1. The molecular weight excluding hydrogens is 188 g/mol. The Bertz CT molecular complexity index is 356. The predicted octanol–water partition coefficient (Wildman–Crippen LogP) is 1.59. The molecule has 3 heteroatoms. The maximum atomic E-state index is 11.9. The summed E-state index contributed by atoms with van der Waals surface area (Å²) in [5, 5.41) is 3.32. The molecule has 0 amide bonds. The molecule has 0 aromatic heterocycles. The fraction of sp³-hybridized carbons (Fsp3) is 0.417. The molecule has 1 saturated heterocycles. The highest BCUT2D eigenvalue weighted by molar-refractivity contribution is 6.01. The molecule has 1 unspecified atom stereocenters. The molecule has 1 fully saturated rings. The van der Waals surface area contributed by atoms with Crippen LogP contribution < -0.4 is 11.1 Å². The minimum Gasteiger partial charge on any atom is -0.398 e. The van der Waals surface area contributed by atoms with Crippen LogP contribution in [0.25, 0.3) is 0 Å². The van der Waals surface area contributed by atoms with E-state index in [0.717, 1.165) is 13.0 Å². The number of carbonyl (C=O) groups is 1. The van der Waals surface area contributed by atoms with Gasteiger partial charge in [-0.1, -0.05) is 12.1 Å². The number of anilines is 1. The summed E-state index contributed by atoms with van der Waals surface area (Å²) in [5.74, 6) is 0.146. The zero-order valence-corrected chi connectivity index (χ0v) is 8.70. The van der Waals surface area contributed by atoms with Crippen molar-refractivity contribution in [1.29, 1.82) is 0 Å². The van der Waals surface area contributed by atoms with E-state index in [2.05, 4.69) is 5.32 Å². The van der Waals surface area contributed by atoms with E-state index in [-0.39, 0.29) is 5.78 Å². The molecule has 15 heavy (non-hydrogen) atoms. The van der Waals surface area contributed by atoms with E-state index in [4.69, 9.17) is 5.73 Å². The van der Waals surface area contributed by atoms with Gasteiger partial charge in [-0.15, -0.1) is 0 Å². The molecule has 1 aliphatic rings. The largest absolute Gasteiger partial charge is 0.398 e. The van der Waals surface area contributed by atoms with Crippen molar-refractivity contribution in [2.45, 2.75) is 25.3 Å². The van der Waals surface area contributed by atoms with Gasteiger partial charge in [-0.05, 0) is 31.5 Å². The van der Waals surface area contributed by atoms with Gasteiger partial charge in [0.25, 0.3) is 0 Å². The van der Waals surface area contributed by atoms with Crippen LogP contribution in [0.4, 0.5) is 5.69 Å². The van der Waals surface area contributed by atoms with Crippen LogP contribution >= 0.6 is 0 Å². The van der Waals surface area contributed by atoms with E-state index in [1.807, 2.05) is 12.1 Å². The quantitative estimate of drug-likeness (QED) is 0.580. The monoisotopic (exact) mass is 204 g/mol. The smallest absolute Gasteiger partial charge is 0.166 e. The molecule has 0 saturated carbocycles. The second-order valence-corrected chi connectivity index (χ2v) is 4.01. The van der Waals surface area contributed by atoms with E-state index < -0.39 is 0 Å². The van der Waals surface area contributed by atoms with Crippen molar-refractivity contribution in [2.75, 3.05) is 12.3 Å². The summed E-state index contributed by atoms with van der Waals surface area (Å²) >= 11 is 0. The minimum atomic E-state index is 0.146. The molecule has 1 aliphatic heterocycles. The molecule has 3 nitrogen and oxygen atoms in total. The Balaban J connectivity index is 2.04. The number of nitrogens with one attached hydrogen (secondary N) is 1. The maximum absolute atomic E-state index is 11.9. The van der Waals surface area contributed by atoms with Gasteiger partial charge >= 0.3 is 0 Å². The Morgan fingerprint density at radius 1 is 1.47 bits per heavy atom. The average Bonchev–Trinajstić information content (AvgIpc) is 2.71. The minimum absolute atomic E-state index is 0.146. The van der Waals surface area contributed by atoms with Crippen LogP contribution in [0.3, 0.4) is 0 Å². The first-order chi connectivity index (χ1) is 7.27. The van der Waals surface area contributed by atoms with Gasteiger partial charge in [0.2, 0.25) is 0 Å². The predicted molar refractivity (Wildman–Crippen MR) is 60.8 cm³/mol. The van der Waals surface area contributed by atoms with Crippen LogP contribution in [0.15, 0.2) is 24.3 Å². The lowest BCUT2D eigenvalue weighted by Gasteiger charge is -2.09. The number of hydrogen-bond donors (Lipinski definition) is 2. The Morgan fingerprint density at radius 2 is 2.27 bits per heavy atom. The average molecular weight is 204 g/mol. The van der Waals surface area contributed by atoms with Crippen molar-refractivity contribution < 1.29 is 4.79 Å². The van der Waals surface area contributed by atoms with Gasteiger partial charge in [0, 0.05) is 23.7 Å². The van der Waals surface area contributed by atoms with E-state index >= 15 is 0 Å².